The number of rotatable bonds is 5. The molecule has 11 heteroatoms. The number of hydrogen-bond donors (Lipinski definition) is 0. The monoisotopic (exact) mass is 519 g/mol. The first-order valence-electron chi connectivity index (χ1n) is 10.4. The van der Waals surface area contributed by atoms with Gasteiger partial charge in [-0.15, -0.1) is 0 Å². The number of anilines is 1. The number of ether oxygens (including phenoxy) is 3. The Labute approximate surface area is 205 Å². The van der Waals surface area contributed by atoms with Crippen LogP contribution in [0.2, 0.25) is 0 Å². The molecule has 1 heterocycles. The molecule has 0 saturated heterocycles. The lowest BCUT2D eigenvalue weighted by atomic mass is 9.94. The summed E-state index contributed by atoms with van der Waals surface area (Å²) < 4.78 is 85.5. The van der Waals surface area contributed by atoms with E-state index in [1.54, 1.807) is 12.1 Å². The molecule has 0 aromatic heterocycles. The smallest absolute Gasteiger partial charge is 0.418 e. The molecule has 0 unspecified atom stereocenters. The van der Waals surface area contributed by atoms with Gasteiger partial charge in [0.1, 0.15) is 11.5 Å². The first-order chi connectivity index (χ1) is 17.0. The summed E-state index contributed by atoms with van der Waals surface area (Å²) in [6, 6.07) is 14.4. The third-order valence-electron chi connectivity index (χ3n) is 5.56. The highest BCUT2D eigenvalue weighted by molar-refractivity contribution is 7.93. The number of esters is 1. The van der Waals surface area contributed by atoms with Gasteiger partial charge in [0.25, 0.3) is 10.0 Å². The molecular weight excluding hydrogens is 499 g/mol. The molecule has 7 nitrogen and oxygen atoms in total. The van der Waals surface area contributed by atoms with Crippen LogP contribution in [0.3, 0.4) is 0 Å². The van der Waals surface area contributed by atoms with Crippen molar-refractivity contribution in [3.8, 4) is 11.5 Å². The van der Waals surface area contributed by atoms with Gasteiger partial charge in [-0.1, -0.05) is 30.3 Å². The highest BCUT2D eigenvalue weighted by Crippen LogP contribution is 2.47. The summed E-state index contributed by atoms with van der Waals surface area (Å²) in [5, 5.41) is 0. The van der Waals surface area contributed by atoms with Gasteiger partial charge in [0.05, 0.1) is 37.5 Å². The van der Waals surface area contributed by atoms with E-state index in [0.717, 1.165) is 25.3 Å². The molecule has 0 amide bonds. The van der Waals surface area contributed by atoms with Gasteiger partial charge < -0.3 is 14.2 Å². The third-order valence-corrected chi connectivity index (χ3v) is 7.33. The third kappa shape index (κ3) is 4.15. The average Bonchev–Trinajstić information content (AvgIpc) is 2.87. The first-order valence-corrected chi connectivity index (χ1v) is 11.9. The topological polar surface area (TPSA) is 82.1 Å². The lowest BCUT2D eigenvalue weighted by Crippen LogP contribution is -2.39. The van der Waals surface area contributed by atoms with Crippen molar-refractivity contribution >= 4 is 27.3 Å². The number of fused-ring (bicyclic) bond motifs is 1. The predicted octanol–water partition coefficient (Wildman–Crippen LogP) is 4.86. The average molecular weight is 519 g/mol. The molecule has 188 valence electrons. The molecule has 0 radical (unpaired) electrons. The van der Waals surface area contributed by atoms with Crippen molar-refractivity contribution in [1.82, 2.24) is 0 Å². The lowest BCUT2D eigenvalue weighted by Gasteiger charge is -2.34. The molecule has 1 aliphatic rings. The molecule has 0 N–H and O–H groups in total. The van der Waals surface area contributed by atoms with Crippen LogP contribution in [0, 0.1) is 0 Å². The Kier molecular flexibility index (Phi) is 6.44. The molecule has 0 saturated carbocycles. The second-order valence-corrected chi connectivity index (χ2v) is 9.35. The fraction of sp³-hybridized carbons (Fsp3) is 0.160. The zero-order valence-electron chi connectivity index (χ0n) is 19.3. The van der Waals surface area contributed by atoms with Crippen molar-refractivity contribution in [2.24, 2.45) is 0 Å². The number of hydrogen-bond acceptors (Lipinski definition) is 6. The minimum absolute atomic E-state index is 0.0291. The van der Waals surface area contributed by atoms with E-state index < -0.39 is 39.1 Å². The molecule has 0 fully saturated rings. The Morgan fingerprint density at radius 2 is 1.44 bits per heavy atom. The summed E-state index contributed by atoms with van der Waals surface area (Å²) in [4.78, 5) is 12.9. The standard InChI is InChI=1S/C25H20F3NO6S/c1-33-16-12-15(13-17(14-16)34-2)22-18-8-4-7-11-21(18)36(31,32)29(23(22)24(30)35-3)20-10-6-5-9-19(20)25(26,27)28/h4-14H,1-3H3. The maximum absolute atomic E-state index is 14.0. The van der Waals surface area contributed by atoms with Gasteiger partial charge in [-0.2, -0.15) is 13.2 Å². The molecule has 0 spiro atoms. The Morgan fingerprint density at radius 1 is 0.861 bits per heavy atom. The molecule has 0 aliphatic carbocycles. The van der Waals surface area contributed by atoms with Crippen molar-refractivity contribution in [1.29, 1.82) is 0 Å². The number of para-hydroxylation sites is 1. The summed E-state index contributed by atoms with van der Waals surface area (Å²) in [7, 11) is -0.865. The highest BCUT2D eigenvalue weighted by Gasteiger charge is 2.45. The van der Waals surface area contributed by atoms with Gasteiger partial charge in [-0.25, -0.2) is 17.5 Å². The Bertz CT molecular complexity index is 1460. The predicted molar refractivity (Wildman–Crippen MR) is 125 cm³/mol. The van der Waals surface area contributed by atoms with Crippen molar-refractivity contribution in [3.63, 3.8) is 0 Å². The van der Waals surface area contributed by atoms with Gasteiger partial charge in [0.15, 0.2) is 5.70 Å². The second kappa shape index (κ2) is 9.23. The number of carbonyl (C=O) groups is 1. The summed E-state index contributed by atoms with van der Waals surface area (Å²) in [5.74, 6) is -0.523. The van der Waals surface area contributed by atoms with E-state index in [1.807, 2.05) is 0 Å². The van der Waals surface area contributed by atoms with Crippen LogP contribution >= 0.6 is 0 Å². The molecular formula is C25H20F3NO6S. The highest BCUT2D eigenvalue weighted by atomic mass is 32.2. The van der Waals surface area contributed by atoms with Crippen molar-refractivity contribution in [3.05, 3.63) is 89.1 Å². The molecule has 1 aliphatic heterocycles. The zero-order valence-corrected chi connectivity index (χ0v) is 20.1. The minimum atomic E-state index is -4.91. The molecule has 3 aromatic carbocycles. The summed E-state index contributed by atoms with van der Waals surface area (Å²) in [6.07, 6.45) is -4.91. The van der Waals surface area contributed by atoms with E-state index in [2.05, 4.69) is 0 Å². The fourth-order valence-electron chi connectivity index (χ4n) is 4.01. The Balaban J connectivity index is 2.21. The van der Waals surface area contributed by atoms with Crippen LogP contribution in [0.15, 0.2) is 77.3 Å². The zero-order chi connectivity index (χ0) is 26.3. The number of alkyl halides is 3. The van der Waals surface area contributed by atoms with Gasteiger partial charge >= 0.3 is 12.1 Å². The van der Waals surface area contributed by atoms with E-state index in [-0.39, 0.29) is 21.6 Å². The van der Waals surface area contributed by atoms with E-state index in [9.17, 15) is 26.4 Å². The molecule has 3 aromatic rings. The quantitative estimate of drug-likeness (QED) is 0.448. The SMILES string of the molecule is COC(=O)C1=C(c2cc(OC)cc(OC)c2)c2ccccc2S(=O)(=O)N1c1ccccc1C(F)(F)F. The van der Waals surface area contributed by atoms with E-state index >= 15 is 0 Å². The van der Waals surface area contributed by atoms with Gasteiger partial charge in [0, 0.05) is 17.2 Å². The van der Waals surface area contributed by atoms with Crippen molar-refractivity contribution in [2.75, 3.05) is 25.6 Å². The maximum atomic E-state index is 14.0. The summed E-state index contributed by atoms with van der Waals surface area (Å²) in [5.41, 5.74) is -2.19. The van der Waals surface area contributed by atoms with Crippen LogP contribution < -0.4 is 13.8 Å². The van der Waals surface area contributed by atoms with Gasteiger partial charge in [-0.3, -0.25) is 0 Å². The van der Waals surface area contributed by atoms with E-state index in [1.165, 1.54) is 50.6 Å². The largest absolute Gasteiger partial charge is 0.497 e. The number of nitrogens with zero attached hydrogens (tertiary/aromatic N) is 1. The normalized spacial score (nSPS) is 14.8. The van der Waals surface area contributed by atoms with E-state index in [0.29, 0.717) is 15.8 Å². The number of benzene rings is 3. The van der Waals surface area contributed by atoms with Crippen LogP contribution in [0.25, 0.3) is 5.57 Å². The molecule has 0 atom stereocenters. The van der Waals surface area contributed by atoms with Gasteiger partial charge in [-0.05, 0) is 35.9 Å². The number of methoxy groups -OCH3 is 3. The Hall–Kier alpha value is -3.99. The number of carbonyl (C=O) groups excluding carboxylic acids is 1. The first kappa shape index (κ1) is 25.1. The minimum Gasteiger partial charge on any atom is -0.497 e. The number of halogens is 3. The summed E-state index contributed by atoms with van der Waals surface area (Å²) >= 11 is 0. The molecule has 0 bridgehead atoms. The molecule has 4 rings (SSSR count). The van der Waals surface area contributed by atoms with Crippen LogP contribution in [-0.4, -0.2) is 35.7 Å². The lowest BCUT2D eigenvalue weighted by molar-refractivity contribution is -0.138. The van der Waals surface area contributed by atoms with Crippen molar-refractivity contribution in [2.45, 2.75) is 11.1 Å². The molecule has 36 heavy (non-hydrogen) atoms. The van der Waals surface area contributed by atoms with Gasteiger partial charge in [0.2, 0.25) is 0 Å². The second-order valence-electron chi connectivity index (χ2n) is 7.60. The summed E-state index contributed by atoms with van der Waals surface area (Å²) in [6.45, 7) is 0. The van der Waals surface area contributed by atoms with Crippen LogP contribution in [0.1, 0.15) is 16.7 Å². The number of sulfonamides is 1. The maximum Gasteiger partial charge on any atom is 0.418 e. The van der Waals surface area contributed by atoms with Crippen molar-refractivity contribution < 1.29 is 40.6 Å². The van der Waals surface area contributed by atoms with E-state index in [4.69, 9.17) is 14.2 Å². The Morgan fingerprint density at radius 3 is 2.03 bits per heavy atom. The fourth-order valence-corrected chi connectivity index (χ4v) is 5.73. The van der Waals surface area contributed by atoms with Crippen LogP contribution in [0.4, 0.5) is 18.9 Å². The van der Waals surface area contributed by atoms with Crippen LogP contribution in [-0.2, 0) is 25.7 Å². The van der Waals surface area contributed by atoms with Crippen LogP contribution in [0.5, 0.6) is 11.5 Å².